The van der Waals surface area contributed by atoms with E-state index < -0.39 is 6.61 Å². The molecule has 1 N–H and O–H groups in total. The lowest BCUT2D eigenvalue weighted by molar-refractivity contribution is -0.0508. The van der Waals surface area contributed by atoms with Crippen molar-refractivity contribution in [2.45, 2.75) is 26.0 Å². The molecule has 0 amide bonds. The Balaban J connectivity index is 0.00000208. The van der Waals surface area contributed by atoms with Crippen LogP contribution in [-0.2, 0) is 6.54 Å². The zero-order valence-electron chi connectivity index (χ0n) is 13.6. The molecule has 3 rings (SSSR count). The van der Waals surface area contributed by atoms with Crippen LogP contribution >= 0.6 is 12.4 Å². The summed E-state index contributed by atoms with van der Waals surface area (Å²) in [7, 11) is 2.00. The van der Waals surface area contributed by atoms with Gasteiger partial charge in [0.15, 0.2) is 11.5 Å². The van der Waals surface area contributed by atoms with Crippen LogP contribution in [0.15, 0.2) is 12.1 Å². The number of halogens is 3. The fourth-order valence-corrected chi connectivity index (χ4v) is 3.16. The van der Waals surface area contributed by atoms with Gasteiger partial charge in [0.05, 0.1) is 0 Å². The van der Waals surface area contributed by atoms with Gasteiger partial charge in [-0.25, -0.2) is 0 Å². The van der Waals surface area contributed by atoms with Gasteiger partial charge in [0.1, 0.15) is 5.75 Å². The average Bonchev–Trinajstić information content (AvgIpc) is 2.95. The van der Waals surface area contributed by atoms with Crippen LogP contribution in [0.5, 0.6) is 17.2 Å². The van der Waals surface area contributed by atoms with Crippen LogP contribution in [-0.4, -0.2) is 45.0 Å². The quantitative estimate of drug-likeness (QED) is 0.840. The highest BCUT2D eigenvalue weighted by atomic mass is 35.5. The molecule has 1 saturated heterocycles. The van der Waals surface area contributed by atoms with Crippen molar-refractivity contribution in [3.8, 4) is 17.2 Å². The normalized spacial score (nSPS) is 17.2. The van der Waals surface area contributed by atoms with Gasteiger partial charge < -0.3 is 24.4 Å². The van der Waals surface area contributed by atoms with Crippen LogP contribution in [0.1, 0.15) is 18.4 Å². The first-order valence-electron chi connectivity index (χ1n) is 7.88. The van der Waals surface area contributed by atoms with Crippen LogP contribution < -0.4 is 19.5 Å². The Labute approximate surface area is 146 Å². The lowest BCUT2D eigenvalue weighted by atomic mass is 9.97. The van der Waals surface area contributed by atoms with Gasteiger partial charge in [-0.2, -0.15) is 8.78 Å². The third-order valence-electron chi connectivity index (χ3n) is 4.24. The molecule has 1 aromatic rings. The second kappa shape index (κ2) is 8.69. The molecule has 0 radical (unpaired) electrons. The summed E-state index contributed by atoms with van der Waals surface area (Å²) in [4.78, 5) is 2.14. The first-order valence-corrected chi connectivity index (χ1v) is 7.88. The van der Waals surface area contributed by atoms with Crippen LogP contribution in [0, 0.1) is 5.92 Å². The minimum Gasteiger partial charge on any atom is -0.454 e. The molecule has 2 heterocycles. The van der Waals surface area contributed by atoms with Crippen molar-refractivity contribution >= 4 is 12.4 Å². The highest BCUT2D eigenvalue weighted by Gasteiger charge is 2.22. The molecule has 1 fully saturated rings. The zero-order chi connectivity index (χ0) is 16.2. The lowest BCUT2D eigenvalue weighted by Crippen LogP contribution is -2.34. The molecule has 8 heteroatoms. The third kappa shape index (κ3) is 4.84. The van der Waals surface area contributed by atoms with E-state index in [-0.39, 0.29) is 24.9 Å². The summed E-state index contributed by atoms with van der Waals surface area (Å²) in [5.74, 6) is 1.82. The molecule has 24 heavy (non-hydrogen) atoms. The van der Waals surface area contributed by atoms with Gasteiger partial charge in [-0.3, -0.25) is 0 Å². The number of fused-ring (bicyclic) bond motifs is 1. The molecule has 0 aliphatic carbocycles. The van der Waals surface area contributed by atoms with E-state index in [0.29, 0.717) is 29.5 Å². The SMILES string of the molecule is CN(Cc1cc2c(cc1OC(F)F)OCO2)CC1CCNCC1.Cl. The lowest BCUT2D eigenvalue weighted by Gasteiger charge is -2.28. The van der Waals surface area contributed by atoms with Gasteiger partial charge in [0, 0.05) is 24.7 Å². The highest BCUT2D eigenvalue weighted by Crippen LogP contribution is 2.39. The molecule has 1 aromatic carbocycles. The number of hydrogen-bond acceptors (Lipinski definition) is 5. The Morgan fingerprint density at radius 1 is 1.25 bits per heavy atom. The number of nitrogens with zero attached hydrogens (tertiary/aromatic N) is 1. The van der Waals surface area contributed by atoms with Gasteiger partial charge in [-0.1, -0.05) is 0 Å². The van der Waals surface area contributed by atoms with Gasteiger partial charge in [0.2, 0.25) is 6.79 Å². The third-order valence-corrected chi connectivity index (χ3v) is 4.24. The fraction of sp³-hybridized carbons (Fsp3) is 0.625. The minimum absolute atomic E-state index is 0. The van der Waals surface area contributed by atoms with Gasteiger partial charge >= 0.3 is 6.61 Å². The topological polar surface area (TPSA) is 43.0 Å². The zero-order valence-corrected chi connectivity index (χ0v) is 14.4. The van der Waals surface area contributed by atoms with E-state index >= 15 is 0 Å². The van der Waals surface area contributed by atoms with Crippen molar-refractivity contribution in [2.24, 2.45) is 5.92 Å². The van der Waals surface area contributed by atoms with Crippen molar-refractivity contribution in [3.63, 3.8) is 0 Å². The fourth-order valence-electron chi connectivity index (χ4n) is 3.16. The van der Waals surface area contributed by atoms with E-state index in [9.17, 15) is 8.78 Å². The van der Waals surface area contributed by atoms with E-state index in [1.54, 1.807) is 6.07 Å². The molecular formula is C16H23ClF2N2O3. The summed E-state index contributed by atoms with van der Waals surface area (Å²) >= 11 is 0. The summed E-state index contributed by atoms with van der Waals surface area (Å²) < 4.78 is 40.5. The van der Waals surface area contributed by atoms with Crippen molar-refractivity contribution < 1.29 is 23.0 Å². The van der Waals surface area contributed by atoms with Gasteiger partial charge in [-0.05, 0) is 45.0 Å². The molecular weight excluding hydrogens is 342 g/mol. The monoisotopic (exact) mass is 364 g/mol. The number of rotatable bonds is 6. The number of hydrogen-bond donors (Lipinski definition) is 1. The largest absolute Gasteiger partial charge is 0.454 e. The van der Waals surface area contributed by atoms with E-state index in [0.717, 1.165) is 32.5 Å². The Morgan fingerprint density at radius 2 is 1.92 bits per heavy atom. The molecule has 0 spiro atoms. The van der Waals surface area contributed by atoms with E-state index in [1.165, 1.54) is 6.07 Å². The predicted octanol–water partition coefficient (Wildman–Crippen LogP) is 2.87. The Bertz CT molecular complexity index is 542. The average molecular weight is 365 g/mol. The Hall–Kier alpha value is -1.31. The summed E-state index contributed by atoms with van der Waals surface area (Å²) in [5.41, 5.74) is 0.686. The number of benzene rings is 1. The van der Waals surface area contributed by atoms with E-state index in [4.69, 9.17) is 9.47 Å². The molecule has 2 aliphatic rings. The summed E-state index contributed by atoms with van der Waals surface area (Å²) in [6, 6.07) is 3.22. The van der Waals surface area contributed by atoms with Crippen molar-refractivity contribution in [1.29, 1.82) is 0 Å². The van der Waals surface area contributed by atoms with Crippen LogP contribution in [0.25, 0.3) is 0 Å². The second-order valence-corrected chi connectivity index (χ2v) is 6.08. The first-order chi connectivity index (χ1) is 11.1. The molecule has 0 bridgehead atoms. The summed E-state index contributed by atoms with van der Waals surface area (Å²) in [6.45, 7) is 0.804. The summed E-state index contributed by atoms with van der Waals surface area (Å²) in [6.07, 6.45) is 2.29. The molecule has 0 aromatic heterocycles. The maximum Gasteiger partial charge on any atom is 0.387 e. The van der Waals surface area contributed by atoms with Crippen LogP contribution in [0.4, 0.5) is 8.78 Å². The van der Waals surface area contributed by atoms with Crippen LogP contribution in [0.3, 0.4) is 0 Å². The smallest absolute Gasteiger partial charge is 0.387 e. The highest BCUT2D eigenvalue weighted by molar-refractivity contribution is 5.85. The number of ether oxygens (including phenoxy) is 3. The standard InChI is InChI=1S/C16H22F2N2O3.ClH/c1-20(8-11-2-4-19-5-3-11)9-12-6-14-15(22-10-21-14)7-13(12)23-16(17)18;/h6-7,11,16,19H,2-5,8-10H2,1H3;1H. The molecule has 2 aliphatic heterocycles. The number of nitrogens with one attached hydrogen (secondary N) is 1. The molecule has 0 saturated carbocycles. The molecule has 5 nitrogen and oxygen atoms in total. The van der Waals surface area contributed by atoms with Gasteiger partial charge in [-0.15, -0.1) is 12.4 Å². The number of piperidine rings is 1. The Kier molecular flexibility index (Phi) is 6.89. The van der Waals surface area contributed by atoms with Gasteiger partial charge in [0.25, 0.3) is 0 Å². The van der Waals surface area contributed by atoms with Crippen LogP contribution in [0.2, 0.25) is 0 Å². The maximum absolute atomic E-state index is 12.6. The molecule has 0 unspecified atom stereocenters. The minimum atomic E-state index is -2.86. The maximum atomic E-state index is 12.6. The Morgan fingerprint density at radius 3 is 2.58 bits per heavy atom. The number of alkyl halides is 2. The van der Waals surface area contributed by atoms with Crippen molar-refractivity contribution in [1.82, 2.24) is 10.2 Å². The second-order valence-electron chi connectivity index (χ2n) is 6.08. The summed E-state index contributed by atoms with van der Waals surface area (Å²) in [5, 5.41) is 3.34. The van der Waals surface area contributed by atoms with Crippen molar-refractivity contribution in [2.75, 3.05) is 33.5 Å². The first kappa shape index (κ1) is 19.0. The van der Waals surface area contributed by atoms with E-state index in [1.807, 2.05) is 7.05 Å². The molecule has 136 valence electrons. The predicted molar refractivity (Wildman–Crippen MR) is 88.4 cm³/mol. The van der Waals surface area contributed by atoms with E-state index in [2.05, 4.69) is 15.0 Å². The van der Waals surface area contributed by atoms with Crippen molar-refractivity contribution in [3.05, 3.63) is 17.7 Å². The molecule has 0 atom stereocenters.